The van der Waals surface area contributed by atoms with E-state index in [4.69, 9.17) is 9.88 Å². The molecule has 1 aliphatic heterocycles. The third-order valence-electron chi connectivity index (χ3n) is 5.40. The first-order chi connectivity index (χ1) is 15.0. The molecule has 2 aliphatic rings. The highest BCUT2D eigenvalue weighted by atomic mass is 32.2. The molecule has 170 valence electrons. The molecule has 0 radical (unpaired) electrons. The van der Waals surface area contributed by atoms with E-state index in [9.17, 15) is 26.4 Å². The van der Waals surface area contributed by atoms with E-state index in [1.807, 2.05) is 0 Å². The summed E-state index contributed by atoms with van der Waals surface area (Å²) in [6, 6.07) is 9.22. The summed E-state index contributed by atoms with van der Waals surface area (Å²) in [6.45, 7) is 0. The molecule has 32 heavy (non-hydrogen) atoms. The Morgan fingerprint density at radius 3 is 2.00 bits per heavy atom. The van der Waals surface area contributed by atoms with Crippen LogP contribution in [-0.2, 0) is 29.6 Å². The molecule has 1 heterocycles. The molecule has 1 atom stereocenters. The first-order valence-electron chi connectivity index (χ1n) is 9.71. The summed E-state index contributed by atoms with van der Waals surface area (Å²) in [6.07, 6.45) is 0.883. The summed E-state index contributed by atoms with van der Waals surface area (Å²) in [5, 5.41) is 5.08. The van der Waals surface area contributed by atoms with E-state index in [2.05, 4.69) is 0 Å². The number of hydrogen-bond donors (Lipinski definition) is 1. The number of nitrogens with two attached hydrogens (primary N) is 1. The number of carbonyl (C=O) groups excluding carboxylic acids is 2. The van der Waals surface area contributed by atoms with E-state index in [1.165, 1.54) is 55.6 Å². The van der Waals surface area contributed by atoms with Crippen molar-refractivity contribution in [1.82, 2.24) is 4.31 Å². The highest BCUT2D eigenvalue weighted by Crippen LogP contribution is 2.38. The number of carbonyl (C=O) groups is 2. The van der Waals surface area contributed by atoms with E-state index >= 15 is 0 Å². The van der Waals surface area contributed by atoms with Gasteiger partial charge < -0.3 is 4.74 Å². The van der Waals surface area contributed by atoms with Crippen molar-refractivity contribution < 1.29 is 31.2 Å². The molecule has 10 nitrogen and oxygen atoms in total. The van der Waals surface area contributed by atoms with Crippen LogP contribution >= 0.6 is 0 Å². The van der Waals surface area contributed by atoms with Gasteiger partial charge in [-0.25, -0.2) is 26.9 Å². The molecule has 0 spiro atoms. The molecular weight excluding hydrogens is 458 g/mol. The average molecular weight is 480 g/mol. The summed E-state index contributed by atoms with van der Waals surface area (Å²) in [5.41, 5.74) is 0.146. The van der Waals surface area contributed by atoms with Crippen LogP contribution in [-0.4, -0.2) is 52.1 Å². The zero-order valence-electron chi connectivity index (χ0n) is 17.0. The number of sulfonamides is 2. The van der Waals surface area contributed by atoms with Gasteiger partial charge >= 0.3 is 0 Å². The molecule has 12 heteroatoms. The van der Waals surface area contributed by atoms with Crippen LogP contribution in [0.3, 0.4) is 0 Å². The van der Waals surface area contributed by atoms with Crippen molar-refractivity contribution in [1.29, 1.82) is 0 Å². The van der Waals surface area contributed by atoms with Crippen LogP contribution in [0.15, 0.2) is 58.3 Å². The van der Waals surface area contributed by atoms with E-state index in [0.29, 0.717) is 18.6 Å². The van der Waals surface area contributed by atoms with E-state index in [1.54, 1.807) is 0 Å². The van der Waals surface area contributed by atoms with Crippen molar-refractivity contribution in [2.75, 3.05) is 12.0 Å². The normalized spacial score (nSPS) is 19.6. The van der Waals surface area contributed by atoms with Crippen LogP contribution in [0.2, 0.25) is 0 Å². The molecule has 4 rings (SSSR count). The predicted molar refractivity (Wildman–Crippen MR) is 114 cm³/mol. The molecule has 2 amide bonds. The average Bonchev–Trinajstić information content (AvgIpc) is 3.53. The Morgan fingerprint density at radius 1 is 0.938 bits per heavy atom. The smallest absolute Gasteiger partial charge is 0.252 e. The Hall–Kier alpha value is -2.80. The number of methoxy groups -OCH3 is 1. The largest absolute Gasteiger partial charge is 0.497 e. The van der Waals surface area contributed by atoms with Gasteiger partial charge in [-0.2, -0.15) is 4.31 Å². The second-order valence-corrected chi connectivity index (χ2v) is 11.0. The Labute approximate surface area is 185 Å². The van der Waals surface area contributed by atoms with Gasteiger partial charge in [0.05, 0.1) is 29.0 Å². The topological polar surface area (TPSA) is 144 Å². The second-order valence-electron chi connectivity index (χ2n) is 7.57. The van der Waals surface area contributed by atoms with Crippen molar-refractivity contribution in [2.45, 2.75) is 41.1 Å². The zero-order chi connectivity index (χ0) is 23.3. The molecule has 1 saturated carbocycles. The standard InChI is InChI=1S/C20H21N3O7S2/c1-30-15-6-10-17(11-7-15)32(28,29)23(14-2-3-14)18-12-19(24)22(20(18)25)13-4-8-16(9-5-13)31(21,26)27/h4-11,14,18H,2-3,12H2,1H3,(H2,21,26,27). The molecule has 0 aromatic heterocycles. The first kappa shape index (κ1) is 22.4. The third kappa shape index (κ3) is 4.01. The number of anilines is 1. The van der Waals surface area contributed by atoms with E-state index < -0.39 is 37.9 Å². The number of ether oxygens (including phenoxy) is 1. The molecule has 1 aliphatic carbocycles. The summed E-state index contributed by atoms with van der Waals surface area (Å²) < 4.78 is 55.8. The number of amides is 2. The maximum atomic E-state index is 13.4. The lowest BCUT2D eigenvalue weighted by Crippen LogP contribution is -2.46. The Kier molecular flexibility index (Phi) is 5.57. The predicted octanol–water partition coefficient (Wildman–Crippen LogP) is 0.828. The van der Waals surface area contributed by atoms with Gasteiger partial charge in [0.15, 0.2) is 0 Å². The minimum Gasteiger partial charge on any atom is -0.497 e. The number of hydrogen-bond acceptors (Lipinski definition) is 7. The summed E-state index contributed by atoms with van der Waals surface area (Å²) in [7, 11) is -6.52. The number of primary sulfonamides is 1. The van der Waals surface area contributed by atoms with Crippen LogP contribution in [0.1, 0.15) is 19.3 Å². The van der Waals surface area contributed by atoms with Gasteiger partial charge in [0, 0.05) is 6.04 Å². The molecule has 1 saturated heterocycles. The Morgan fingerprint density at radius 2 is 1.50 bits per heavy atom. The van der Waals surface area contributed by atoms with Gasteiger partial charge in [-0.3, -0.25) is 9.59 Å². The SMILES string of the molecule is COc1ccc(S(=O)(=O)N(C2CC2)C2CC(=O)N(c3ccc(S(N)(=O)=O)cc3)C2=O)cc1. The van der Waals surface area contributed by atoms with Crippen LogP contribution in [0, 0.1) is 0 Å². The van der Waals surface area contributed by atoms with Gasteiger partial charge in [-0.1, -0.05) is 0 Å². The maximum Gasteiger partial charge on any atom is 0.252 e. The van der Waals surface area contributed by atoms with Crippen molar-refractivity contribution >= 4 is 37.5 Å². The zero-order valence-corrected chi connectivity index (χ0v) is 18.7. The molecule has 0 bridgehead atoms. The molecule has 2 aromatic rings. The number of rotatable bonds is 7. The lowest BCUT2D eigenvalue weighted by molar-refractivity contribution is -0.122. The molecule has 2 fully saturated rings. The van der Waals surface area contributed by atoms with Gasteiger partial charge in [0.25, 0.3) is 5.91 Å². The van der Waals surface area contributed by atoms with Crippen LogP contribution in [0.25, 0.3) is 0 Å². The summed E-state index contributed by atoms with van der Waals surface area (Å²) in [4.78, 5) is 26.6. The number of imide groups is 1. The van der Waals surface area contributed by atoms with Crippen molar-refractivity contribution in [3.63, 3.8) is 0 Å². The second kappa shape index (κ2) is 7.96. The fourth-order valence-corrected chi connectivity index (χ4v) is 6.03. The fourth-order valence-electron chi connectivity index (χ4n) is 3.69. The molecule has 2 aromatic carbocycles. The quantitative estimate of drug-likeness (QED) is 0.579. The molecular formula is C20H21N3O7S2. The monoisotopic (exact) mass is 479 g/mol. The van der Waals surface area contributed by atoms with E-state index in [-0.39, 0.29) is 27.9 Å². The lowest BCUT2D eigenvalue weighted by atomic mass is 10.2. The first-order valence-corrected chi connectivity index (χ1v) is 12.7. The maximum absolute atomic E-state index is 13.4. The van der Waals surface area contributed by atoms with Crippen LogP contribution in [0.5, 0.6) is 5.75 Å². The summed E-state index contributed by atoms with van der Waals surface area (Å²) in [5.74, 6) is -0.760. The van der Waals surface area contributed by atoms with Gasteiger partial charge in [0.2, 0.25) is 26.0 Å². The highest BCUT2D eigenvalue weighted by Gasteiger charge is 2.51. The van der Waals surface area contributed by atoms with Crippen LogP contribution in [0.4, 0.5) is 5.69 Å². The van der Waals surface area contributed by atoms with Gasteiger partial charge in [-0.05, 0) is 61.4 Å². The number of benzene rings is 2. The van der Waals surface area contributed by atoms with Crippen LogP contribution < -0.4 is 14.8 Å². The van der Waals surface area contributed by atoms with E-state index in [0.717, 1.165) is 9.21 Å². The molecule has 1 unspecified atom stereocenters. The Bertz CT molecular complexity index is 1270. The lowest BCUT2D eigenvalue weighted by Gasteiger charge is -2.26. The number of nitrogens with zero attached hydrogens (tertiary/aromatic N) is 2. The van der Waals surface area contributed by atoms with Gasteiger partial charge in [0.1, 0.15) is 11.8 Å². The fraction of sp³-hybridized carbons (Fsp3) is 0.300. The van der Waals surface area contributed by atoms with Crippen molar-refractivity contribution in [3.8, 4) is 5.75 Å². The van der Waals surface area contributed by atoms with Crippen molar-refractivity contribution in [2.24, 2.45) is 5.14 Å². The van der Waals surface area contributed by atoms with Gasteiger partial charge in [-0.15, -0.1) is 0 Å². The highest BCUT2D eigenvalue weighted by molar-refractivity contribution is 7.89. The summed E-state index contributed by atoms with van der Waals surface area (Å²) >= 11 is 0. The Balaban J connectivity index is 1.66. The minimum atomic E-state index is -4.05. The molecule has 2 N–H and O–H groups in total. The minimum absolute atomic E-state index is 0.00130. The third-order valence-corrected chi connectivity index (χ3v) is 8.30. The van der Waals surface area contributed by atoms with Crippen molar-refractivity contribution in [3.05, 3.63) is 48.5 Å².